The van der Waals surface area contributed by atoms with Crippen LogP contribution in [0.4, 0.5) is 5.69 Å². The topological polar surface area (TPSA) is 86.6 Å². The highest BCUT2D eigenvalue weighted by Crippen LogP contribution is 2.47. The Morgan fingerprint density at radius 1 is 1.32 bits per heavy atom. The molecule has 1 heterocycles. The fraction of sp³-hybridized carbons (Fsp3) is 0.429. The van der Waals surface area contributed by atoms with E-state index in [0.717, 1.165) is 5.56 Å². The van der Waals surface area contributed by atoms with Gasteiger partial charge in [-0.1, -0.05) is 0 Å². The zero-order valence-corrected chi connectivity index (χ0v) is 10.3. The molecule has 3 rings (SSSR count). The number of rotatable bonds is 1. The Balaban J connectivity index is 2.07. The van der Waals surface area contributed by atoms with Crippen LogP contribution in [0.2, 0.25) is 0 Å². The van der Waals surface area contributed by atoms with Gasteiger partial charge in [-0.2, -0.15) is 0 Å². The van der Waals surface area contributed by atoms with Crippen molar-refractivity contribution in [1.29, 1.82) is 0 Å². The summed E-state index contributed by atoms with van der Waals surface area (Å²) in [6.07, 6.45) is 1.92. The van der Waals surface area contributed by atoms with Crippen LogP contribution in [-0.4, -0.2) is 28.2 Å². The largest absolute Gasteiger partial charge is 0.478 e. The molecule has 0 aromatic heterocycles. The standard InChI is InChI=1S/C14H15NO4/c16-9-3-5-14(6-4-9)10-7-8(12(17)18)1-2-11(10)15-13(14)19/h1-2,7,9,16H,3-6H2,(H,15,19)(H,17,18). The third kappa shape index (κ3) is 1.73. The van der Waals surface area contributed by atoms with Gasteiger partial charge in [0.05, 0.1) is 17.1 Å². The number of carbonyl (C=O) groups is 2. The second-order valence-electron chi connectivity index (χ2n) is 5.33. The number of aliphatic hydroxyl groups is 1. The average molecular weight is 261 g/mol. The molecule has 0 bridgehead atoms. The molecule has 1 aliphatic heterocycles. The van der Waals surface area contributed by atoms with Gasteiger partial charge in [-0.05, 0) is 49.4 Å². The van der Waals surface area contributed by atoms with E-state index in [0.29, 0.717) is 31.4 Å². The van der Waals surface area contributed by atoms with E-state index in [-0.39, 0.29) is 17.6 Å². The number of amides is 1. The molecule has 1 aromatic rings. The van der Waals surface area contributed by atoms with Crippen LogP contribution in [0.3, 0.4) is 0 Å². The van der Waals surface area contributed by atoms with Crippen molar-refractivity contribution in [2.75, 3.05) is 5.32 Å². The highest BCUT2D eigenvalue weighted by Gasteiger charge is 2.48. The third-order valence-electron chi connectivity index (χ3n) is 4.27. The number of fused-ring (bicyclic) bond motifs is 2. The molecule has 1 spiro atoms. The van der Waals surface area contributed by atoms with E-state index in [9.17, 15) is 14.7 Å². The van der Waals surface area contributed by atoms with Gasteiger partial charge in [0.25, 0.3) is 0 Å². The fourth-order valence-corrected chi connectivity index (χ4v) is 3.14. The number of hydrogen-bond donors (Lipinski definition) is 3. The number of hydrogen-bond acceptors (Lipinski definition) is 3. The second kappa shape index (κ2) is 4.06. The van der Waals surface area contributed by atoms with Gasteiger partial charge in [-0.3, -0.25) is 4.79 Å². The summed E-state index contributed by atoms with van der Waals surface area (Å²) in [5.74, 6) is -1.06. The number of aromatic carboxylic acids is 1. The molecule has 1 amide bonds. The third-order valence-corrected chi connectivity index (χ3v) is 4.27. The van der Waals surface area contributed by atoms with Crippen molar-refractivity contribution in [2.24, 2.45) is 0 Å². The summed E-state index contributed by atoms with van der Waals surface area (Å²) in [4.78, 5) is 23.3. The number of anilines is 1. The van der Waals surface area contributed by atoms with Crippen LogP contribution in [0.5, 0.6) is 0 Å². The Morgan fingerprint density at radius 3 is 2.63 bits per heavy atom. The zero-order valence-electron chi connectivity index (χ0n) is 10.3. The molecule has 3 N–H and O–H groups in total. The first-order valence-electron chi connectivity index (χ1n) is 6.40. The summed E-state index contributed by atoms with van der Waals surface area (Å²) in [5, 5.41) is 21.5. The normalized spacial score (nSPS) is 29.1. The quantitative estimate of drug-likeness (QED) is 0.715. The van der Waals surface area contributed by atoms with Crippen molar-refractivity contribution in [2.45, 2.75) is 37.2 Å². The van der Waals surface area contributed by atoms with E-state index in [2.05, 4.69) is 5.32 Å². The number of carboxylic acids is 1. The zero-order chi connectivity index (χ0) is 13.6. The monoisotopic (exact) mass is 261 g/mol. The van der Waals surface area contributed by atoms with Gasteiger partial charge in [0, 0.05) is 5.69 Å². The minimum absolute atomic E-state index is 0.0723. The Morgan fingerprint density at radius 2 is 2.00 bits per heavy atom. The lowest BCUT2D eigenvalue weighted by molar-refractivity contribution is -0.122. The maximum absolute atomic E-state index is 12.3. The van der Waals surface area contributed by atoms with E-state index in [1.165, 1.54) is 6.07 Å². The molecule has 0 atom stereocenters. The first-order chi connectivity index (χ1) is 9.03. The minimum Gasteiger partial charge on any atom is -0.478 e. The van der Waals surface area contributed by atoms with Crippen molar-refractivity contribution in [3.63, 3.8) is 0 Å². The predicted molar refractivity (Wildman–Crippen MR) is 68.2 cm³/mol. The molecule has 100 valence electrons. The van der Waals surface area contributed by atoms with E-state index in [4.69, 9.17) is 5.11 Å². The first-order valence-corrected chi connectivity index (χ1v) is 6.40. The Bertz CT molecular complexity index is 559. The lowest BCUT2D eigenvalue weighted by atomic mass is 9.69. The molecular weight excluding hydrogens is 246 g/mol. The molecule has 1 saturated carbocycles. The molecule has 1 aromatic carbocycles. The van der Waals surface area contributed by atoms with E-state index in [1.807, 2.05) is 0 Å². The van der Waals surface area contributed by atoms with E-state index in [1.54, 1.807) is 12.1 Å². The number of benzene rings is 1. The van der Waals surface area contributed by atoms with E-state index >= 15 is 0 Å². The van der Waals surface area contributed by atoms with Crippen LogP contribution in [-0.2, 0) is 10.2 Å². The SMILES string of the molecule is O=C(O)c1ccc2c(c1)C1(CCC(O)CC1)C(=O)N2. The Hall–Kier alpha value is -1.88. The molecule has 0 saturated heterocycles. The summed E-state index contributed by atoms with van der Waals surface area (Å²) in [5.41, 5.74) is 1.01. The summed E-state index contributed by atoms with van der Waals surface area (Å²) in [7, 11) is 0. The number of carbonyl (C=O) groups excluding carboxylic acids is 1. The number of aliphatic hydroxyl groups excluding tert-OH is 1. The lowest BCUT2D eigenvalue weighted by Gasteiger charge is -2.33. The molecule has 1 fully saturated rings. The molecule has 5 nitrogen and oxygen atoms in total. The highest BCUT2D eigenvalue weighted by molar-refractivity contribution is 6.07. The maximum atomic E-state index is 12.3. The van der Waals surface area contributed by atoms with Crippen LogP contribution < -0.4 is 5.32 Å². The average Bonchev–Trinajstić information content (AvgIpc) is 2.65. The predicted octanol–water partition coefficient (Wildman–Crippen LogP) is 1.51. The van der Waals surface area contributed by atoms with Crippen LogP contribution in [0.15, 0.2) is 18.2 Å². The highest BCUT2D eigenvalue weighted by atomic mass is 16.4. The molecular formula is C14H15NO4. The van der Waals surface area contributed by atoms with Gasteiger partial charge in [0.1, 0.15) is 0 Å². The van der Waals surface area contributed by atoms with Crippen molar-refractivity contribution in [3.05, 3.63) is 29.3 Å². The first kappa shape index (κ1) is 12.2. The lowest BCUT2D eigenvalue weighted by Crippen LogP contribution is -2.39. The summed E-state index contributed by atoms with van der Waals surface area (Å²) in [6.45, 7) is 0. The second-order valence-corrected chi connectivity index (χ2v) is 5.33. The van der Waals surface area contributed by atoms with Crippen LogP contribution in [0, 0.1) is 0 Å². The maximum Gasteiger partial charge on any atom is 0.335 e. The van der Waals surface area contributed by atoms with Crippen molar-refractivity contribution in [1.82, 2.24) is 0 Å². The Kier molecular flexibility index (Phi) is 2.60. The molecule has 0 unspecified atom stereocenters. The van der Waals surface area contributed by atoms with Gasteiger partial charge in [0.15, 0.2) is 0 Å². The van der Waals surface area contributed by atoms with Gasteiger partial charge >= 0.3 is 5.97 Å². The minimum atomic E-state index is -0.992. The summed E-state index contributed by atoms with van der Waals surface area (Å²) >= 11 is 0. The summed E-state index contributed by atoms with van der Waals surface area (Å²) < 4.78 is 0. The van der Waals surface area contributed by atoms with Crippen LogP contribution in [0.25, 0.3) is 0 Å². The van der Waals surface area contributed by atoms with Gasteiger partial charge < -0.3 is 15.5 Å². The van der Waals surface area contributed by atoms with Crippen molar-refractivity contribution in [3.8, 4) is 0 Å². The molecule has 2 aliphatic rings. The fourth-order valence-electron chi connectivity index (χ4n) is 3.14. The van der Waals surface area contributed by atoms with Crippen LogP contribution >= 0.6 is 0 Å². The molecule has 1 aliphatic carbocycles. The van der Waals surface area contributed by atoms with Crippen molar-refractivity contribution >= 4 is 17.6 Å². The van der Waals surface area contributed by atoms with E-state index < -0.39 is 11.4 Å². The van der Waals surface area contributed by atoms with Gasteiger partial charge in [-0.15, -0.1) is 0 Å². The number of carboxylic acid groups (broad SMARTS) is 1. The number of nitrogens with one attached hydrogen (secondary N) is 1. The van der Waals surface area contributed by atoms with Gasteiger partial charge in [0.2, 0.25) is 5.91 Å². The van der Waals surface area contributed by atoms with Gasteiger partial charge in [-0.25, -0.2) is 4.79 Å². The van der Waals surface area contributed by atoms with Crippen molar-refractivity contribution < 1.29 is 19.8 Å². The molecule has 5 heteroatoms. The summed E-state index contributed by atoms with van der Waals surface area (Å²) in [6, 6.07) is 4.74. The molecule has 19 heavy (non-hydrogen) atoms. The molecule has 0 radical (unpaired) electrons. The Labute approximate surface area is 110 Å². The van der Waals surface area contributed by atoms with Crippen LogP contribution in [0.1, 0.15) is 41.6 Å². The smallest absolute Gasteiger partial charge is 0.335 e.